The molecule has 0 N–H and O–H groups in total. The predicted molar refractivity (Wildman–Crippen MR) is 165 cm³/mol. The van der Waals surface area contributed by atoms with E-state index in [-0.39, 0.29) is 6.04 Å². The van der Waals surface area contributed by atoms with E-state index >= 15 is 0 Å². The highest BCUT2D eigenvalue weighted by Crippen LogP contribution is 2.29. The molecule has 39 heavy (non-hydrogen) atoms. The van der Waals surface area contributed by atoms with E-state index in [0.717, 1.165) is 71.7 Å². The average molecular weight is 517 g/mol. The lowest BCUT2D eigenvalue weighted by Crippen LogP contribution is -2.31. The quantitative estimate of drug-likeness (QED) is 0.210. The standard InChI is InChI=1S/C35H40N4/c1-6-24(4)32-23-39(22-26-14-10-9-11-15-26)35(38-32)30-19-13-18-29-20-21-31(37-34(29)30)25(5)36-33-27(7-2)16-12-17-28(33)8-3/h9-21,24,32H,6-8,22-23H2,1-5H3/b36-25+/t24-,32+/m0/s1. The van der Waals surface area contributed by atoms with Gasteiger partial charge < -0.3 is 4.90 Å². The normalized spacial score (nSPS) is 16.5. The highest BCUT2D eigenvalue weighted by Gasteiger charge is 2.30. The van der Waals surface area contributed by atoms with Crippen molar-refractivity contribution in [1.82, 2.24) is 9.88 Å². The Bertz CT molecular complexity index is 1480. The molecule has 0 saturated carbocycles. The van der Waals surface area contributed by atoms with Gasteiger partial charge in [0.2, 0.25) is 0 Å². The minimum Gasteiger partial charge on any atom is -0.350 e. The summed E-state index contributed by atoms with van der Waals surface area (Å²) in [6, 6.07) is 28.2. The van der Waals surface area contributed by atoms with Gasteiger partial charge in [0, 0.05) is 24.0 Å². The molecular weight excluding hydrogens is 476 g/mol. The molecule has 4 nitrogen and oxygen atoms in total. The molecule has 0 unspecified atom stereocenters. The first-order chi connectivity index (χ1) is 19.0. The van der Waals surface area contributed by atoms with Crippen molar-refractivity contribution in [3.63, 3.8) is 0 Å². The molecule has 0 aliphatic carbocycles. The van der Waals surface area contributed by atoms with Crippen LogP contribution in [0.3, 0.4) is 0 Å². The second-order valence-electron chi connectivity index (χ2n) is 10.7. The molecule has 0 spiro atoms. The Balaban J connectivity index is 1.58. The van der Waals surface area contributed by atoms with E-state index in [1.165, 1.54) is 16.7 Å². The summed E-state index contributed by atoms with van der Waals surface area (Å²) in [4.78, 5) is 18.1. The SMILES string of the molecule is CCc1cccc(CC)c1/N=C(\C)c1ccc2cccc(C3=N[C@@H]([C@@H](C)CC)CN3Cc3ccccc3)c2n1. The highest BCUT2D eigenvalue weighted by molar-refractivity contribution is 6.10. The number of pyridine rings is 1. The summed E-state index contributed by atoms with van der Waals surface area (Å²) >= 11 is 0. The minimum atomic E-state index is 0.286. The van der Waals surface area contributed by atoms with Crippen LogP contribution >= 0.6 is 0 Å². The fourth-order valence-electron chi connectivity index (χ4n) is 5.47. The number of nitrogens with zero attached hydrogens (tertiary/aromatic N) is 4. The van der Waals surface area contributed by atoms with E-state index in [1.54, 1.807) is 0 Å². The van der Waals surface area contributed by atoms with Crippen molar-refractivity contribution in [2.45, 2.75) is 66.5 Å². The van der Waals surface area contributed by atoms with Crippen molar-refractivity contribution in [3.05, 3.63) is 107 Å². The van der Waals surface area contributed by atoms with Gasteiger partial charge in [-0.3, -0.25) is 9.98 Å². The number of aromatic nitrogens is 1. The van der Waals surface area contributed by atoms with Crippen LogP contribution in [-0.2, 0) is 19.4 Å². The highest BCUT2D eigenvalue weighted by atomic mass is 15.3. The maximum atomic E-state index is 5.32. The summed E-state index contributed by atoms with van der Waals surface area (Å²) in [5, 5.41) is 1.13. The van der Waals surface area contributed by atoms with Crippen LogP contribution in [0.5, 0.6) is 0 Å². The van der Waals surface area contributed by atoms with E-state index in [2.05, 4.69) is 118 Å². The van der Waals surface area contributed by atoms with Crippen molar-refractivity contribution < 1.29 is 0 Å². The van der Waals surface area contributed by atoms with Crippen LogP contribution in [0.4, 0.5) is 5.69 Å². The Morgan fingerprint density at radius 2 is 1.62 bits per heavy atom. The van der Waals surface area contributed by atoms with E-state index in [0.29, 0.717) is 5.92 Å². The Morgan fingerprint density at radius 3 is 2.31 bits per heavy atom. The van der Waals surface area contributed by atoms with Gasteiger partial charge in [0.15, 0.2) is 0 Å². The summed E-state index contributed by atoms with van der Waals surface area (Å²) in [6.07, 6.45) is 3.04. The van der Waals surface area contributed by atoms with Gasteiger partial charge in [0.05, 0.1) is 28.7 Å². The Kier molecular flexibility index (Phi) is 8.21. The van der Waals surface area contributed by atoms with Gasteiger partial charge in [-0.25, -0.2) is 4.98 Å². The summed E-state index contributed by atoms with van der Waals surface area (Å²) in [7, 11) is 0. The molecule has 5 rings (SSSR count). The van der Waals surface area contributed by atoms with E-state index in [9.17, 15) is 0 Å². The Labute approximate surface area is 233 Å². The van der Waals surface area contributed by atoms with Crippen LogP contribution < -0.4 is 0 Å². The average Bonchev–Trinajstić information content (AvgIpc) is 3.40. The number of fused-ring (bicyclic) bond motifs is 1. The summed E-state index contributed by atoms with van der Waals surface area (Å²) in [6.45, 7) is 12.8. The lowest BCUT2D eigenvalue weighted by atomic mass is 10.0. The zero-order chi connectivity index (χ0) is 27.4. The van der Waals surface area contributed by atoms with Crippen LogP contribution in [-0.4, -0.2) is 34.0 Å². The van der Waals surface area contributed by atoms with Crippen molar-refractivity contribution in [3.8, 4) is 0 Å². The molecule has 1 aliphatic rings. The Morgan fingerprint density at radius 1 is 0.897 bits per heavy atom. The van der Waals surface area contributed by atoms with Gasteiger partial charge in [0.25, 0.3) is 0 Å². The third-order valence-electron chi connectivity index (χ3n) is 8.09. The Hall–Kier alpha value is -3.79. The maximum absolute atomic E-state index is 5.32. The fourth-order valence-corrected chi connectivity index (χ4v) is 5.47. The molecule has 0 bridgehead atoms. The van der Waals surface area contributed by atoms with Gasteiger partial charge in [-0.1, -0.05) is 101 Å². The van der Waals surface area contributed by atoms with Crippen molar-refractivity contribution in [2.75, 3.05) is 6.54 Å². The molecule has 4 aromatic rings. The molecule has 0 fully saturated rings. The summed E-state index contributed by atoms with van der Waals surface area (Å²) < 4.78 is 0. The molecule has 1 aliphatic heterocycles. The number of para-hydroxylation sites is 2. The number of rotatable bonds is 9. The molecule has 1 aromatic heterocycles. The summed E-state index contributed by atoms with van der Waals surface area (Å²) in [5.74, 6) is 1.58. The first-order valence-electron chi connectivity index (χ1n) is 14.5. The van der Waals surface area contributed by atoms with Gasteiger partial charge in [-0.15, -0.1) is 0 Å². The molecule has 2 heterocycles. The van der Waals surface area contributed by atoms with Crippen molar-refractivity contribution >= 4 is 28.1 Å². The van der Waals surface area contributed by atoms with Crippen molar-refractivity contribution in [1.29, 1.82) is 0 Å². The lowest BCUT2D eigenvalue weighted by molar-refractivity contribution is 0.360. The molecule has 200 valence electrons. The number of benzene rings is 3. The minimum absolute atomic E-state index is 0.286. The van der Waals surface area contributed by atoms with Gasteiger partial charge in [-0.2, -0.15) is 0 Å². The fraction of sp³-hybridized carbons (Fsp3) is 0.343. The van der Waals surface area contributed by atoms with Crippen molar-refractivity contribution in [2.24, 2.45) is 15.9 Å². The van der Waals surface area contributed by atoms with Crippen LogP contribution in [0.2, 0.25) is 0 Å². The van der Waals surface area contributed by atoms with Crippen LogP contribution in [0.25, 0.3) is 10.9 Å². The first-order valence-corrected chi connectivity index (χ1v) is 14.5. The van der Waals surface area contributed by atoms with Gasteiger partial charge in [-0.05, 0) is 54.5 Å². The molecule has 2 atom stereocenters. The largest absolute Gasteiger partial charge is 0.350 e. The van der Waals surface area contributed by atoms with Gasteiger partial charge >= 0.3 is 0 Å². The third kappa shape index (κ3) is 5.66. The second-order valence-corrected chi connectivity index (χ2v) is 10.7. The first kappa shape index (κ1) is 26.8. The summed E-state index contributed by atoms with van der Waals surface area (Å²) in [5.41, 5.74) is 8.90. The predicted octanol–water partition coefficient (Wildman–Crippen LogP) is 8.18. The van der Waals surface area contributed by atoms with E-state index in [1.807, 2.05) is 0 Å². The van der Waals surface area contributed by atoms with Gasteiger partial charge in [0.1, 0.15) is 5.84 Å². The topological polar surface area (TPSA) is 40.9 Å². The van der Waals surface area contributed by atoms with Crippen LogP contribution in [0.15, 0.2) is 88.8 Å². The molecular formula is C35H40N4. The van der Waals surface area contributed by atoms with Crippen LogP contribution in [0.1, 0.15) is 69.0 Å². The molecule has 3 aromatic carbocycles. The number of amidine groups is 1. The molecule has 0 saturated heterocycles. The maximum Gasteiger partial charge on any atom is 0.133 e. The number of aryl methyl sites for hydroxylation is 2. The van der Waals surface area contributed by atoms with Crippen LogP contribution in [0, 0.1) is 5.92 Å². The zero-order valence-electron chi connectivity index (χ0n) is 24.0. The van der Waals surface area contributed by atoms with E-state index < -0.39 is 0 Å². The van der Waals surface area contributed by atoms with E-state index in [4.69, 9.17) is 15.0 Å². The second kappa shape index (κ2) is 11.9. The monoisotopic (exact) mass is 516 g/mol. The number of aliphatic imine (C=N–C) groups is 2. The third-order valence-corrected chi connectivity index (χ3v) is 8.09. The molecule has 4 heteroatoms. The number of hydrogen-bond donors (Lipinski definition) is 0. The lowest BCUT2D eigenvalue weighted by Gasteiger charge is -2.23. The molecule has 0 radical (unpaired) electrons. The molecule has 0 amide bonds. The number of hydrogen-bond acceptors (Lipinski definition) is 4. The smallest absolute Gasteiger partial charge is 0.133 e. The zero-order valence-corrected chi connectivity index (χ0v) is 24.0.